The lowest BCUT2D eigenvalue weighted by molar-refractivity contribution is -0.227. The standard InChI is InChI=1S/C18H22F3NO4/c1-12(2)7-10-26-14-5-3-13(4-6-14)15(23)22-9-8-17(11-22,16(24)25)18(19,20)21/h3-6,12H,7-11H2,1-2H3,(H,24,25). The Balaban J connectivity index is 2.05. The van der Waals surface area contributed by atoms with Gasteiger partial charge in [-0.25, -0.2) is 0 Å². The van der Waals surface area contributed by atoms with Crippen LogP contribution >= 0.6 is 0 Å². The lowest BCUT2D eigenvalue weighted by Crippen LogP contribution is -2.47. The van der Waals surface area contributed by atoms with Gasteiger partial charge in [0.25, 0.3) is 5.91 Å². The highest BCUT2D eigenvalue weighted by Crippen LogP contribution is 2.46. The number of carbonyl (C=O) groups excluding carboxylic acids is 1. The van der Waals surface area contributed by atoms with Crippen molar-refractivity contribution >= 4 is 11.9 Å². The minimum atomic E-state index is -4.91. The van der Waals surface area contributed by atoms with Crippen molar-refractivity contribution in [3.05, 3.63) is 29.8 Å². The van der Waals surface area contributed by atoms with Gasteiger partial charge in [-0.2, -0.15) is 13.2 Å². The fourth-order valence-electron chi connectivity index (χ4n) is 2.80. The minimum Gasteiger partial charge on any atom is -0.494 e. The Morgan fingerprint density at radius 3 is 2.35 bits per heavy atom. The number of halogens is 3. The Hall–Kier alpha value is -2.25. The Bertz CT molecular complexity index is 657. The molecule has 0 bridgehead atoms. The summed E-state index contributed by atoms with van der Waals surface area (Å²) in [5.41, 5.74) is -2.70. The third kappa shape index (κ3) is 4.11. The molecule has 1 aliphatic rings. The molecule has 1 amide bonds. The van der Waals surface area contributed by atoms with Gasteiger partial charge in [0.1, 0.15) is 5.75 Å². The Kier molecular flexibility index (Phi) is 5.83. The maximum atomic E-state index is 13.2. The number of benzene rings is 1. The highest BCUT2D eigenvalue weighted by Gasteiger charge is 2.64. The summed E-state index contributed by atoms with van der Waals surface area (Å²) in [5.74, 6) is -1.51. The number of carboxylic acids is 1. The van der Waals surface area contributed by atoms with Crippen LogP contribution in [0.1, 0.15) is 37.0 Å². The van der Waals surface area contributed by atoms with Gasteiger partial charge < -0.3 is 14.7 Å². The smallest absolute Gasteiger partial charge is 0.406 e. The zero-order valence-corrected chi connectivity index (χ0v) is 14.7. The number of carboxylic acid groups (broad SMARTS) is 1. The highest BCUT2D eigenvalue weighted by atomic mass is 19.4. The van der Waals surface area contributed by atoms with Gasteiger partial charge in [0.2, 0.25) is 0 Å². The second-order valence-corrected chi connectivity index (χ2v) is 6.92. The van der Waals surface area contributed by atoms with E-state index < -0.39 is 36.4 Å². The number of hydrogen-bond donors (Lipinski definition) is 1. The van der Waals surface area contributed by atoms with Crippen molar-refractivity contribution in [3.63, 3.8) is 0 Å². The summed E-state index contributed by atoms with van der Waals surface area (Å²) < 4.78 is 45.1. The lowest BCUT2D eigenvalue weighted by Gasteiger charge is -2.27. The molecule has 1 N–H and O–H groups in total. The van der Waals surface area contributed by atoms with Crippen LogP contribution in [0.3, 0.4) is 0 Å². The molecule has 26 heavy (non-hydrogen) atoms. The van der Waals surface area contributed by atoms with E-state index in [9.17, 15) is 22.8 Å². The van der Waals surface area contributed by atoms with Crippen molar-refractivity contribution in [3.8, 4) is 5.75 Å². The van der Waals surface area contributed by atoms with Crippen LogP contribution in [0.4, 0.5) is 13.2 Å². The SMILES string of the molecule is CC(C)CCOc1ccc(C(=O)N2CCC(C(=O)O)(C(F)(F)F)C2)cc1. The first-order valence-corrected chi connectivity index (χ1v) is 8.39. The first-order chi connectivity index (χ1) is 12.1. The van der Waals surface area contributed by atoms with E-state index in [2.05, 4.69) is 13.8 Å². The predicted octanol–water partition coefficient (Wildman–Crippen LogP) is 3.59. The predicted molar refractivity (Wildman–Crippen MR) is 88.0 cm³/mol. The van der Waals surface area contributed by atoms with Gasteiger partial charge in [0.15, 0.2) is 5.41 Å². The topological polar surface area (TPSA) is 66.8 Å². The first kappa shape index (κ1) is 20.1. The summed E-state index contributed by atoms with van der Waals surface area (Å²) >= 11 is 0. The van der Waals surface area contributed by atoms with Crippen molar-refractivity contribution < 1.29 is 32.6 Å². The Labute approximate surface area is 149 Å². The molecule has 1 heterocycles. The van der Waals surface area contributed by atoms with Gasteiger partial charge in [0.05, 0.1) is 6.61 Å². The average molecular weight is 373 g/mol. The summed E-state index contributed by atoms with van der Waals surface area (Å²) in [6.45, 7) is 3.54. The lowest BCUT2D eigenvalue weighted by atomic mass is 9.86. The molecule has 1 aromatic carbocycles. The summed E-state index contributed by atoms with van der Waals surface area (Å²) in [7, 11) is 0. The van der Waals surface area contributed by atoms with Crippen LogP contribution in [0.5, 0.6) is 5.75 Å². The second-order valence-electron chi connectivity index (χ2n) is 6.92. The Morgan fingerprint density at radius 1 is 1.27 bits per heavy atom. The van der Waals surface area contributed by atoms with E-state index >= 15 is 0 Å². The molecule has 5 nitrogen and oxygen atoms in total. The van der Waals surface area contributed by atoms with E-state index in [4.69, 9.17) is 9.84 Å². The van der Waals surface area contributed by atoms with E-state index in [1.165, 1.54) is 12.1 Å². The summed E-state index contributed by atoms with van der Waals surface area (Å²) in [6.07, 6.45) is -4.68. The molecule has 1 aromatic rings. The van der Waals surface area contributed by atoms with Crippen LogP contribution in [-0.4, -0.2) is 47.8 Å². The molecule has 2 rings (SSSR count). The number of rotatable bonds is 6. The summed E-state index contributed by atoms with van der Waals surface area (Å²) in [6, 6.07) is 6.11. The van der Waals surface area contributed by atoms with Gasteiger partial charge >= 0.3 is 12.1 Å². The third-order valence-corrected chi connectivity index (χ3v) is 4.57. The molecule has 8 heteroatoms. The number of carbonyl (C=O) groups is 2. The molecular weight excluding hydrogens is 351 g/mol. The molecule has 0 saturated carbocycles. The van der Waals surface area contributed by atoms with Gasteiger partial charge in [0, 0.05) is 18.7 Å². The normalized spacial score (nSPS) is 20.5. The van der Waals surface area contributed by atoms with Crippen LogP contribution in [0, 0.1) is 11.3 Å². The molecule has 0 aliphatic carbocycles. The number of alkyl halides is 3. The van der Waals surface area contributed by atoms with Gasteiger partial charge in [-0.1, -0.05) is 13.8 Å². The first-order valence-electron chi connectivity index (χ1n) is 8.39. The number of aliphatic carboxylic acids is 1. The van der Waals surface area contributed by atoms with E-state index in [1.807, 2.05) is 0 Å². The van der Waals surface area contributed by atoms with Crippen molar-refractivity contribution in [2.24, 2.45) is 11.3 Å². The van der Waals surface area contributed by atoms with Gasteiger partial charge in [-0.15, -0.1) is 0 Å². The van der Waals surface area contributed by atoms with Gasteiger partial charge in [-0.3, -0.25) is 9.59 Å². The molecule has 144 valence electrons. The van der Waals surface area contributed by atoms with E-state index in [0.717, 1.165) is 11.3 Å². The average Bonchev–Trinajstić information content (AvgIpc) is 3.01. The number of amides is 1. The summed E-state index contributed by atoms with van der Waals surface area (Å²) in [5, 5.41) is 9.05. The molecule has 0 radical (unpaired) electrons. The minimum absolute atomic E-state index is 0.199. The number of ether oxygens (including phenoxy) is 1. The van der Waals surface area contributed by atoms with Crippen LogP contribution in [-0.2, 0) is 4.79 Å². The maximum Gasteiger partial charge on any atom is 0.406 e. The maximum absolute atomic E-state index is 13.2. The van der Waals surface area contributed by atoms with Crippen molar-refractivity contribution in [1.82, 2.24) is 4.90 Å². The van der Waals surface area contributed by atoms with Crippen LogP contribution < -0.4 is 4.74 Å². The fraction of sp³-hybridized carbons (Fsp3) is 0.556. The number of nitrogens with zero attached hydrogens (tertiary/aromatic N) is 1. The summed E-state index contributed by atoms with van der Waals surface area (Å²) in [4.78, 5) is 24.6. The quantitative estimate of drug-likeness (QED) is 0.828. The third-order valence-electron chi connectivity index (χ3n) is 4.57. The molecule has 1 atom stereocenters. The number of hydrogen-bond acceptors (Lipinski definition) is 3. The van der Waals surface area contributed by atoms with Crippen molar-refractivity contribution in [2.75, 3.05) is 19.7 Å². The van der Waals surface area contributed by atoms with E-state index in [1.54, 1.807) is 12.1 Å². The van der Waals surface area contributed by atoms with E-state index in [0.29, 0.717) is 18.3 Å². The molecule has 1 aliphatic heterocycles. The Morgan fingerprint density at radius 2 is 1.88 bits per heavy atom. The molecule has 1 saturated heterocycles. The monoisotopic (exact) mass is 373 g/mol. The molecular formula is C18H22F3NO4. The van der Waals surface area contributed by atoms with Gasteiger partial charge in [-0.05, 0) is 43.0 Å². The highest BCUT2D eigenvalue weighted by molar-refractivity contribution is 5.95. The fourth-order valence-corrected chi connectivity index (χ4v) is 2.80. The van der Waals surface area contributed by atoms with Crippen LogP contribution in [0.2, 0.25) is 0 Å². The van der Waals surface area contributed by atoms with Crippen LogP contribution in [0.15, 0.2) is 24.3 Å². The van der Waals surface area contributed by atoms with Crippen molar-refractivity contribution in [1.29, 1.82) is 0 Å². The molecule has 0 spiro atoms. The van der Waals surface area contributed by atoms with Crippen LogP contribution in [0.25, 0.3) is 0 Å². The van der Waals surface area contributed by atoms with E-state index in [-0.39, 0.29) is 12.1 Å². The second kappa shape index (κ2) is 7.55. The molecule has 1 fully saturated rings. The zero-order chi connectivity index (χ0) is 19.5. The zero-order valence-electron chi connectivity index (χ0n) is 14.7. The molecule has 0 aromatic heterocycles. The van der Waals surface area contributed by atoms with Crippen molar-refractivity contribution in [2.45, 2.75) is 32.9 Å². The number of likely N-dealkylation sites (tertiary alicyclic amines) is 1. The largest absolute Gasteiger partial charge is 0.494 e. The molecule has 1 unspecified atom stereocenters.